The van der Waals surface area contributed by atoms with Crippen LogP contribution >= 0.6 is 11.6 Å². The fourth-order valence-corrected chi connectivity index (χ4v) is 3.57. The summed E-state index contributed by atoms with van der Waals surface area (Å²) in [4.78, 5) is 0. The first-order valence-electron chi connectivity index (χ1n) is 7.53. The molecule has 3 rings (SSSR count). The average Bonchev–Trinajstić information content (AvgIpc) is 2.57. The molecule has 1 aliphatic rings. The highest BCUT2D eigenvalue weighted by Gasteiger charge is 2.28. The molecule has 0 aliphatic heterocycles. The molecule has 0 saturated heterocycles. The first-order valence-corrected chi connectivity index (χ1v) is 7.97. The molecule has 0 saturated carbocycles. The second-order valence-electron chi connectivity index (χ2n) is 6.61. The molecule has 0 heterocycles. The molecule has 2 aromatic rings. The molecule has 0 N–H and O–H groups in total. The molecule has 0 amide bonds. The van der Waals surface area contributed by atoms with E-state index < -0.39 is 0 Å². The summed E-state index contributed by atoms with van der Waals surface area (Å²) in [5, 5.41) is 0.0665. The maximum absolute atomic E-state index is 6.66. The summed E-state index contributed by atoms with van der Waals surface area (Å²) in [6, 6.07) is 16.2. The summed E-state index contributed by atoms with van der Waals surface area (Å²) in [6.07, 6.45) is 3.29. The third-order valence-corrected chi connectivity index (χ3v) is 4.63. The van der Waals surface area contributed by atoms with Crippen LogP contribution < -0.4 is 4.74 Å². The van der Waals surface area contributed by atoms with Gasteiger partial charge in [0.25, 0.3) is 0 Å². The van der Waals surface area contributed by atoms with Gasteiger partial charge in [-0.15, -0.1) is 11.6 Å². The minimum Gasteiger partial charge on any atom is -0.457 e. The number of hydrogen-bond acceptors (Lipinski definition) is 1. The van der Waals surface area contributed by atoms with Gasteiger partial charge in [0.1, 0.15) is 11.5 Å². The maximum Gasteiger partial charge on any atom is 0.127 e. The summed E-state index contributed by atoms with van der Waals surface area (Å²) >= 11 is 6.66. The van der Waals surface area contributed by atoms with Crippen LogP contribution in [0.25, 0.3) is 0 Å². The zero-order chi connectivity index (χ0) is 14.9. The number of rotatable bonds is 2. The monoisotopic (exact) mass is 300 g/mol. The quantitative estimate of drug-likeness (QED) is 0.479. The molecular weight excluding hydrogens is 280 g/mol. The van der Waals surface area contributed by atoms with Crippen molar-refractivity contribution in [2.24, 2.45) is 5.41 Å². The van der Waals surface area contributed by atoms with E-state index in [-0.39, 0.29) is 5.38 Å². The normalized spacial score (nSPS) is 20.4. The molecule has 1 nitrogen and oxygen atoms in total. The Balaban J connectivity index is 1.88. The summed E-state index contributed by atoms with van der Waals surface area (Å²) in [5.41, 5.74) is 2.89. The molecule has 2 aromatic carbocycles. The molecule has 1 unspecified atom stereocenters. The Kier molecular flexibility index (Phi) is 3.95. The second kappa shape index (κ2) is 5.73. The van der Waals surface area contributed by atoms with E-state index in [0.717, 1.165) is 24.3 Å². The second-order valence-corrected chi connectivity index (χ2v) is 7.14. The number of ether oxygens (including phenoxy) is 1. The minimum atomic E-state index is 0.0665. The van der Waals surface area contributed by atoms with Crippen molar-refractivity contribution in [2.45, 2.75) is 38.5 Å². The summed E-state index contributed by atoms with van der Waals surface area (Å²) in [5.74, 6) is 1.72. The predicted octanol–water partition coefficient (Wildman–Crippen LogP) is 6.12. The van der Waals surface area contributed by atoms with Gasteiger partial charge in [-0.3, -0.25) is 0 Å². The van der Waals surface area contributed by atoms with Crippen LogP contribution in [-0.2, 0) is 6.42 Å². The zero-order valence-corrected chi connectivity index (χ0v) is 13.4. The third-order valence-electron chi connectivity index (χ3n) is 4.24. The van der Waals surface area contributed by atoms with Gasteiger partial charge in [0, 0.05) is 0 Å². The van der Waals surface area contributed by atoms with Gasteiger partial charge in [-0.1, -0.05) is 38.1 Å². The van der Waals surface area contributed by atoms with Crippen LogP contribution in [0.1, 0.15) is 43.2 Å². The highest BCUT2D eigenvalue weighted by molar-refractivity contribution is 6.21. The first-order chi connectivity index (χ1) is 10.0. The van der Waals surface area contributed by atoms with Crippen LogP contribution in [0.2, 0.25) is 0 Å². The molecule has 0 spiro atoms. The van der Waals surface area contributed by atoms with Gasteiger partial charge in [-0.05, 0) is 60.1 Å². The van der Waals surface area contributed by atoms with E-state index in [4.69, 9.17) is 16.3 Å². The average molecular weight is 301 g/mol. The van der Waals surface area contributed by atoms with Crippen molar-refractivity contribution in [2.75, 3.05) is 0 Å². The maximum atomic E-state index is 6.66. The van der Waals surface area contributed by atoms with Gasteiger partial charge in [-0.25, -0.2) is 0 Å². The lowest BCUT2D eigenvalue weighted by Crippen LogP contribution is -2.11. The Morgan fingerprint density at radius 1 is 1.05 bits per heavy atom. The van der Waals surface area contributed by atoms with E-state index in [1.807, 2.05) is 36.4 Å². The topological polar surface area (TPSA) is 9.23 Å². The molecule has 110 valence electrons. The van der Waals surface area contributed by atoms with Crippen molar-refractivity contribution in [3.8, 4) is 11.5 Å². The number of fused-ring (bicyclic) bond motifs is 1. The van der Waals surface area contributed by atoms with Crippen LogP contribution in [0.5, 0.6) is 11.5 Å². The Morgan fingerprint density at radius 3 is 2.57 bits per heavy atom. The smallest absolute Gasteiger partial charge is 0.127 e. The summed E-state index contributed by atoms with van der Waals surface area (Å²) in [7, 11) is 0. The molecule has 0 bridgehead atoms. The lowest BCUT2D eigenvalue weighted by Gasteiger charge is -2.23. The summed E-state index contributed by atoms with van der Waals surface area (Å²) in [6.45, 7) is 4.60. The number of para-hydroxylation sites is 1. The van der Waals surface area contributed by atoms with Crippen LogP contribution in [0, 0.1) is 5.41 Å². The Labute approximate surface area is 131 Å². The predicted molar refractivity (Wildman–Crippen MR) is 88.3 cm³/mol. The Hall–Kier alpha value is -1.47. The van der Waals surface area contributed by atoms with Crippen molar-refractivity contribution in [3.05, 3.63) is 59.7 Å². The molecule has 1 aliphatic carbocycles. The zero-order valence-electron chi connectivity index (χ0n) is 12.6. The van der Waals surface area contributed by atoms with Gasteiger partial charge in [-0.2, -0.15) is 0 Å². The number of benzene rings is 2. The fraction of sp³-hybridized carbons (Fsp3) is 0.368. The molecule has 21 heavy (non-hydrogen) atoms. The molecule has 2 heteroatoms. The van der Waals surface area contributed by atoms with E-state index in [1.54, 1.807) is 0 Å². The van der Waals surface area contributed by atoms with E-state index in [2.05, 4.69) is 26.0 Å². The largest absolute Gasteiger partial charge is 0.457 e. The van der Waals surface area contributed by atoms with Crippen molar-refractivity contribution in [1.82, 2.24) is 0 Å². The van der Waals surface area contributed by atoms with E-state index in [9.17, 15) is 0 Å². The molecule has 1 atom stereocenters. The van der Waals surface area contributed by atoms with Gasteiger partial charge in [0.05, 0.1) is 5.38 Å². The van der Waals surface area contributed by atoms with Crippen LogP contribution in [0.3, 0.4) is 0 Å². The summed E-state index contributed by atoms with van der Waals surface area (Å²) < 4.78 is 5.93. The molecule has 0 radical (unpaired) electrons. The van der Waals surface area contributed by atoms with Crippen LogP contribution in [-0.4, -0.2) is 0 Å². The number of aryl methyl sites for hydroxylation is 1. The highest BCUT2D eigenvalue weighted by Crippen LogP contribution is 2.43. The Bertz CT molecular complexity index is 619. The van der Waals surface area contributed by atoms with Gasteiger partial charge >= 0.3 is 0 Å². The lowest BCUT2D eigenvalue weighted by atomic mass is 9.84. The van der Waals surface area contributed by atoms with Crippen LogP contribution in [0.4, 0.5) is 0 Å². The van der Waals surface area contributed by atoms with E-state index in [0.29, 0.717) is 5.41 Å². The first kappa shape index (κ1) is 14.5. The third kappa shape index (κ3) is 3.41. The van der Waals surface area contributed by atoms with Gasteiger partial charge in [0.2, 0.25) is 0 Å². The van der Waals surface area contributed by atoms with Crippen molar-refractivity contribution in [1.29, 1.82) is 0 Å². The number of alkyl halides is 1. The molecular formula is C19H21ClO. The molecule has 0 fully saturated rings. The van der Waals surface area contributed by atoms with E-state index >= 15 is 0 Å². The van der Waals surface area contributed by atoms with Crippen LogP contribution in [0.15, 0.2) is 48.5 Å². The number of halogens is 1. The van der Waals surface area contributed by atoms with Gasteiger partial charge < -0.3 is 4.74 Å². The van der Waals surface area contributed by atoms with Crippen molar-refractivity contribution >= 4 is 11.6 Å². The van der Waals surface area contributed by atoms with Crippen molar-refractivity contribution < 1.29 is 4.74 Å². The fourth-order valence-electron chi connectivity index (χ4n) is 2.95. The minimum absolute atomic E-state index is 0.0665. The highest BCUT2D eigenvalue weighted by atomic mass is 35.5. The van der Waals surface area contributed by atoms with Gasteiger partial charge in [0.15, 0.2) is 0 Å². The lowest BCUT2D eigenvalue weighted by molar-refractivity contribution is 0.313. The van der Waals surface area contributed by atoms with E-state index in [1.165, 1.54) is 17.5 Å². The SMILES string of the molecule is CC1(C)CCc2ccc(Oc3ccccc3)cc2C(Cl)C1. The molecule has 0 aromatic heterocycles. The van der Waals surface area contributed by atoms with Crippen molar-refractivity contribution in [3.63, 3.8) is 0 Å². The Morgan fingerprint density at radius 2 is 1.81 bits per heavy atom. The standard InChI is InChI=1S/C19H21ClO/c1-19(2)11-10-14-8-9-16(12-17(14)18(20)13-19)21-15-6-4-3-5-7-15/h3-9,12,18H,10-11,13H2,1-2H3. The number of hydrogen-bond donors (Lipinski definition) is 0.